The summed E-state index contributed by atoms with van der Waals surface area (Å²) in [7, 11) is 0. The number of aromatic nitrogens is 2. The number of amides is 1. The lowest BCUT2D eigenvalue weighted by molar-refractivity contribution is -0.129. The molecule has 0 atom stereocenters. The van der Waals surface area contributed by atoms with Gasteiger partial charge < -0.3 is 9.88 Å². The first-order chi connectivity index (χ1) is 16.6. The average Bonchev–Trinajstić information content (AvgIpc) is 2.86. The monoisotopic (exact) mass is 469 g/mol. The number of nitrogens with zero attached hydrogens (tertiary/aromatic N) is 2. The van der Waals surface area contributed by atoms with Crippen molar-refractivity contribution < 1.29 is 4.79 Å². The Morgan fingerprint density at radius 3 is 1.82 bits per heavy atom. The molecule has 6 heteroatoms. The van der Waals surface area contributed by atoms with E-state index in [-0.39, 0.29) is 17.2 Å². The van der Waals surface area contributed by atoms with Gasteiger partial charge in [-0.2, -0.15) is 0 Å². The number of hydrogen-bond acceptors (Lipinski definition) is 4. The van der Waals surface area contributed by atoms with Gasteiger partial charge in [0.15, 0.2) is 5.16 Å². The van der Waals surface area contributed by atoms with Gasteiger partial charge >= 0.3 is 0 Å². The van der Waals surface area contributed by atoms with Gasteiger partial charge in [-0.15, -0.1) is 0 Å². The van der Waals surface area contributed by atoms with Gasteiger partial charge in [-0.25, -0.2) is 4.98 Å². The van der Waals surface area contributed by atoms with E-state index in [0.29, 0.717) is 35.9 Å². The van der Waals surface area contributed by atoms with Gasteiger partial charge in [0, 0.05) is 30.8 Å². The summed E-state index contributed by atoms with van der Waals surface area (Å²) in [6, 6.07) is 29.8. The molecule has 1 amide bonds. The first-order valence-corrected chi connectivity index (χ1v) is 12.2. The quantitative estimate of drug-likeness (QED) is 0.277. The number of thioether (sulfide) groups is 1. The summed E-state index contributed by atoms with van der Waals surface area (Å²) < 4.78 is 0. The van der Waals surface area contributed by atoms with E-state index in [0.717, 1.165) is 16.7 Å². The van der Waals surface area contributed by atoms with Crippen molar-refractivity contribution in [3.63, 3.8) is 0 Å². The summed E-state index contributed by atoms with van der Waals surface area (Å²) in [4.78, 5) is 35.2. The Bertz CT molecular complexity index is 1230. The molecule has 3 aromatic carbocycles. The predicted molar refractivity (Wildman–Crippen MR) is 137 cm³/mol. The molecule has 0 spiro atoms. The molecule has 4 rings (SSSR count). The molecule has 4 aromatic rings. The molecule has 0 saturated heterocycles. The highest BCUT2D eigenvalue weighted by Gasteiger charge is 2.17. The van der Waals surface area contributed by atoms with E-state index in [9.17, 15) is 9.59 Å². The molecule has 0 aliphatic carbocycles. The Balaban J connectivity index is 1.45. The zero-order chi connectivity index (χ0) is 23.8. The Kier molecular flexibility index (Phi) is 7.94. The third-order valence-corrected chi connectivity index (χ3v) is 6.40. The number of benzene rings is 3. The van der Waals surface area contributed by atoms with E-state index in [1.54, 1.807) is 0 Å². The fourth-order valence-corrected chi connectivity index (χ4v) is 4.53. The van der Waals surface area contributed by atoms with Crippen molar-refractivity contribution in [3.8, 4) is 0 Å². The standard InChI is InChI=1S/C28H27N3O2S/c1-21-25(17-22-11-5-2-6-12-22)27(33)30-28(29-21)34-20-26(32)31(18-23-13-7-3-8-14-23)19-24-15-9-4-10-16-24/h2-16H,17-20H2,1H3,(H,29,30,33). The van der Waals surface area contributed by atoms with Crippen LogP contribution in [0.3, 0.4) is 0 Å². The van der Waals surface area contributed by atoms with Gasteiger partial charge in [0.2, 0.25) is 5.91 Å². The van der Waals surface area contributed by atoms with Crippen LogP contribution in [-0.2, 0) is 24.3 Å². The predicted octanol–water partition coefficient (Wildman–Crippen LogP) is 4.99. The third kappa shape index (κ3) is 6.45. The minimum Gasteiger partial charge on any atom is -0.333 e. The first-order valence-electron chi connectivity index (χ1n) is 11.2. The minimum absolute atomic E-state index is 0.00799. The Hall–Kier alpha value is -3.64. The SMILES string of the molecule is Cc1nc(SCC(=O)N(Cc2ccccc2)Cc2ccccc2)[nH]c(=O)c1Cc1ccccc1. The maximum atomic E-state index is 13.2. The largest absolute Gasteiger partial charge is 0.333 e. The zero-order valence-electron chi connectivity index (χ0n) is 19.1. The highest BCUT2D eigenvalue weighted by Crippen LogP contribution is 2.17. The molecule has 1 heterocycles. The summed E-state index contributed by atoms with van der Waals surface area (Å²) in [5.41, 5.74) is 4.39. The van der Waals surface area contributed by atoms with Crippen molar-refractivity contribution in [3.05, 3.63) is 129 Å². The van der Waals surface area contributed by atoms with Crippen LogP contribution >= 0.6 is 11.8 Å². The smallest absolute Gasteiger partial charge is 0.255 e. The van der Waals surface area contributed by atoms with Crippen LogP contribution in [-0.4, -0.2) is 26.5 Å². The number of aromatic amines is 1. The number of carbonyl (C=O) groups is 1. The molecular formula is C28H27N3O2S. The van der Waals surface area contributed by atoms with Crippen molar-refractivity contribution in [2.24, 2.45) is 0 Å². The van der Waals surface area contributed by atoms with Crippen LogP contribution in [0.15, 0.2) is 101 Å². The molecule has 1 N–H and O–H groups in total. The Labute approximate surface area is 203 Å². The molecule has 0 aliphatic rings. The number of carbonyl (C=O) groups excluding carboxylic acids is 1. The van der Waals surface area contributed by atoms with Crippen LogP contribution in [0, 0.1) is 6.92 Å². The lowest BCUT2D eigenvalue weighted by Crippen LogP contribution is -2.31. The molecular weight excluding hydrogens is 442 g/mol. The van der Waals surface area contributed by atoms with Gasteiger partial charge in [-0.1, -0.05) is 103 Å². The van der Waals surface area contributed by atoms with Crippen LogP contribution in [0.5, 0.6) is 0 Å². The number of aryl methyl sites for hydroxylation is 1. The van der Waals surface area contributed by atoms with Gasteiger partial charge in [-0.3, -0.25) is 9.59 Å². The van der Waals surface area contributed by atoms with Crippen molar-refractivity contribution in [1.82, 2.24) is 14.9 Å². The van der Waals surface area contributed by atoms with Gasteiger partial charge in [0.25, 0.3) is 5.56 Å². The molecule has 0 aliphatic heterocycles. The van der Waals surface area contributed by atoms with E-state index >= 15 is 0 Å². The van der Waals surface area contributed by atoms with Crippen molar-refractivity contribution in [2.45, 2.75) is 31.6 Å². The fraction of sp³-hybridized carbons (Fsp3) is 0.179. The Morgan fingerprint density at radius 2 is 1.32 bits per heavy atom. The lowest BCUT2D eigenvalue weighted by atomic mass is 10.1. The maximum Gasteiger partial charge on any atom is 0.255 e. The third-order valence-electron chi connectivity index (χ3n) is 5.54. The van der Waals surface area contributed by atoms with E-state index in [4.69, 9.17) is 0 Å². The Morgan fingerprint density at radius 1 is 0.824 bits per heavy atom. The van der Waals surface area contributed by atoms with Crippen molar-refractivity contribution >= 4 is 17.7 Å². The molecule has 172 valence electrons. The summed E-state index contributed by atoms with van der Waals surface area (Å²) in [5.74, 6) is 0.187. The van der Waals surface area contributed by atoms with E-state index < -0.39 is 0 Å². The van der Waals surface area contributed by atoms with E-state index in [2.05, 4.69) is 9.97 Å². The molecule has 1 aromatic heterocycles. The molecule has 0 saturated carbocycles. The maximum absolute atomic E-state index is 13.2. The van der Waals surface area contributed by atoms with Gasteiger partial charge in [0.05, 0.1) is 5.75 Å². The molecule has 0 radical (unpaired) electrons. The second-order valence-corrected chi connectivity index (χ2v) is 9.07. The van der Waals surface area contributed by atoms with Crippen LogP contribution in [0.1, 0.15) is 27.9 Å². The number of H-pyrrole nitrogens is 1. The second-order valence-electron chi connectivity index (χ2n) is 8.11. The molecule has 34 heavy (non-hydrogen) atoms. The van der Waals surface area contributed by atoms with Crippen LogP contribution in [0.4, 0.5) is 0 Å². The minimum atomic E-state index is -0.156. The summed E-state index contributed by atoms with van der Waals surface area (Å²) in [5, 5.41) is 0.465. The van der Waals surface area contributed by atoms with Gasteiger partial charge in [0.1, 0.15) is 0 Å². The number of hydrogen-bond donors (Lipinski definition) is 1. The fourth-order valence-electron chi connectivity index (χ4n) is 3.72. The highest BCUT2D eigenvalue weighted by atomic mass is 32.2. The van der Waals surface area contributed by atoms with Crippen molar-refractivity contribution in [1.29, 1.82) is 0 Å². The highest BCUT2D eigenvalue weighted by molar-refractivity contribution is 7.99. The topological polar surface area (TPSA) is 66.1 Å². The van der Waals surface area contributed by atoms with E-state index in [1.807, 2.05) is 103 Å². The number of rotatable bonds is 9. The lowest BCUT2D eigenvalue weighted by Gasteiger charge is -2.23. The summed E-state index contributed by atoms with van der Waals surface area (Å²) >= 11 is 1.26. The summed E-state index contributed by atoms with van der Waals surface area (Å²) in [6.07, 6.45) is 0.529. The van der Waals surface area contributed by atoms with Crippen LogP contribution in [0.2, 0.25) is 0 Å². The van der Waals surface area contributed by atoms with Crippen LogP contribution < -0.4 is 5.56 Å². The molecule has 0 fully saturated rings. The first kappa shape index (κ1) is 23.5. The molecule has 5 nitrogen and oxygen atoms in total. The second kappa shape index (κ2) is 11.5. The molecule has 0 bridgehead atoms. The number of nitrogens with one attached hydrogen (secondary N) is 1. The zero-order valence-corrected chi connectivity index (χ0v) is 19.9. The average molecular weight is 470 g/mol. The molecule has 0 unspecified atom stereocenters. The van der Waals surface area contributed by atoms with E-state index in [1.165, 1.54) is 11.8 Å². The van der Waals surface area contributed by atoms with Crippen LogP contribution in [0.25, 0.3) is 0 Å². The van der Waals surface area contributed by atoms with Gasteiger partial charge in [-0.05, 0) is 23.6 Å². The summed E-state index contributed by atoms with van der Waals surface area (Å²) in [6.45, 7) is 2.89. The van der Waals surface area contributed by atoms with Crippen molar-refractivity contribution in [2.75, 3.05) is 5.75 Å². The normalized spacial score (nSPS) is 10.7.